The van der Waals surface area contributed by atoms with Crippen molar-refractivity contribution in [3.05, 3.63) is 100 Å². The predicted octanol–water partition coefficient (Wildman–Crippen LogP) is 7.84. The summed E-state index contributed by atoms with van der Waals surface area (Å²) in [5.74, 6) is 1.01. The summed E-state index contributed by atoms with van der Waals surface area (Å²) in [6, 6.07) is 24.6. The topological polar surface area (TPSA) is 80.4 Å². The van der Waals surface area contributed by atoms with Gasteiger partial charge in [0.15, 0.2) is 0 Å². The largest absolute Gasteiger partial charge is 0.494 e. The molecule has 0 aliphatic rings. The van der Waals surface area contributed by atoms with Gasteiger partial charge >= 0.3 is 0 Å². The molecule has 0 unspecified atom stereocenters. The molecular weight excluding hydrogens is 500 g/mol. The number of anilines is 1. The normalized spacial score (nSPS) is 11.2. The van der Waals surface area contributed by atoms with Crippen LogP contribution in [0.4, 0.5) is 5.69 Å². The zero-order valence-electron chi connectivity index (χ0n) is 24.0. The Bertz CT molecular complexity index is 1480. The lowest BCUT2D eigenvalue weighted by atomic mass is 9.86. The molecule has 0 radical (unpaired) electrons. The van der Waals surface area contributed by atoms with E-state index in [0.717, 1.165) is 29.7 Å². The van der Waals surface area contributed by atoms with E-state index in [1.807, 2.05) is 61.5 Å². The van der Waals surface area contributed by atoms with Gasteiger partial charge in [0.2, 0.25) is 0 Å². The molecular formula is C34H38N2O4. The number of hydrogen-bond donors (Lipinski definition) is 2. The van der Waals surface area contributed by atoms with Crippen molar-refractivity contribution in [3.63, 3.8) is 0 Å². The molecule has 208 valence electrons. The lowest BCUT2D eigenvalue weighted by molar-refractivity contribution is 0.102. The number of benzene rings is 3. The van der Waals surface area contributed by atoms with E-state index in [1.165, 1.54) is 5.56 Å². The fourth-order valence-corrected chi connectivity index (χ4v) is 4.38. The minimum atomic E-state index is -0.480. The molecule has 4 aromatic rings. The highest BCUT2D eigenvalue weighted by Crippen LogP contribution is 2.30. The van der Waals surface area contributed by atoms with Gasteiger partial charge in [-0.25, -0.2) is 0 Å². The van der Waals surface area contributed by atoms with Gasteiger partial charge in [0.1, 0.15) is 17.1 Å². The zero-order valence-corrected chi connectivity index (χ0v) is 24.0. The van der Waals surface area contributed by atoms with E-state index in [0.29, 0.717) is 35.9 Å². The number of H-pyrrole nitrogens is 1. The number of nitrogens with one attached hydrogen (secondary N) is 2. The Morgan fingerprint density at radius 3 is 2.02 bits per heavy atom. The smallest absolute Gasteiger partial charge is 0.261 e. The first-order chi connectivity index (χ1) is 19.2. The van der Waals surface area contributed by atoms with E-state index in [2.05, 4.69) is 38.0 Å². The Morgan fingerprint density at radius 1 is 0.825 bits per heavy atom. The molecule has 1 amide bonds. The van der Waals surface area contributed by atoms with Crippen molar-refractivity contribution in [3.8, 4) is 33.9 Å². The summed E-state index contributed by atoms with van der Waals surface area (Å²) >= 11 is 0. The number of unbranched alkanes of at least 4 members (excludes halogenated alkanes) is 1. The van der Waals surface area contributed by atoms with Crippen LogP contribution < -0.4 is 20.3 Å². The van der Waals surface area contributed by atoms with Crippen LogP contribution >= 0.6 is 0 Å². The van der Waals surface area contributed by atoms with Crippen molar-refractivity contribution in [2.75, 3.05) is 18.5 Å². The van der Waals surface area contributed by atoms with E-state index >= 15 is 0 Å². The lowest BCUT2D eigenvalue weighted by Gasteiger charge is -2.19. The van der Waals surface area contributed by atoms with Crippen molar-refractivity contribution >= 4 is 11.6 Å². The van der Waals surface area contributed by atoms with Gasteiger partial charge in [-0.1, -0.05) is 58.4 Å². The minimum absolute atomic E-state index is 0.0212. The first-order valence-corrected chi connectivity index (χ1v) is 13.8. The van der Waals surface area contributed by atoms with Gasteiger partial charge in [-0.15, -0.1) is 0 Å². The van der Waals surface area contributed by atoms with E-state index < -0.39 is 11.5 Å². The monoisotopic (exact) mass is 538 g/mol. The third-order valence-corrected chi connectivity index (χ3v) is 6.68. The summed E-state index contributed by atoms with van der Waals surface area (Å²) in [5.41, 5.74) is 4.11. The third-order valence-electron chi connectivity index (χ3n) is 6.68. The first kappa shape index (κ1) is 28.7. The number of hydrogen-bond acceptors (Lipinski definition) is 4. The standard InChI is InChI=1S/C34H38N2O4/c1-6-8-21-40-28-17-11-24(12-18-28)30-22-29(23-9-13-25(14-10-23)34(3,4)5)31(33(38)36-30)32(37)35-26-15-19-27(20-16-26)39-7-2/h9-20,22H,6-8,21H2,1-5H3,(H,35,37)(H,36,38). The van der Waals surface area contributed by atoms with Crippen molar-refractivity contribution in [2.24, 2.45) is 0 Å². The number of aromatic amines is 1. The van der Waals surface area contributed by atoms with Gasteiger partial charge in [0.05, 0.1) is 13.2 Å². The average molecular weight is 539 g/mol. The molecule has 0 fully saturated rings. The van der Waals surface area contributed by atoms with Gasteiger partial charge in [-0.05, 0) is 90.0 Å². The summed E-state index contributed by atoms with van der Waals surface area (Å²) in [6.45, 7) is 11.7. The second-order valence-corrected chi connectivity index (χ2v) is 10.8. The van der Waals surface area contributed by atoms with E-state index in [4.69, 9.17) is 9.47 Å². The molecule has 1 aromatic heterocycles. The number of pyridine rings is 1. The van der Waals surface area contributed by atoms with Crippen LogP contribution in [-0.2, 0) is 5.41 Å². The molecule has 0 bridgehead atoms. The molecule has 6 heteroatoms. The molecule has 0 atom stereocenters. The molecule has 0 aliphatic carbocycles. The summed E-state index contributed by atoms with van der Waals surface area (Å²) in [5, 5.41) is 2.87. The fraction of sp³-hybridized carbons (Fsp3) is 0.294. The lowest BCUT2D eigenvalue weighted by Crippen LogP contribution is -2.25. The number of carbonyl (C=O) groups is 1. The highest BCUT2D eigenvalue weighted by atomic mass is 16.5. The van der Waals surface area contributed by atoms with Crippen LogP contribution in [0.25, 0.3) is 22.4 Å². The molecule has 0 aliphatic heterocycles. The Kier molecular flexibility index (Phi) is 9.10. The molecule has 3 aromatic carbocycles. The number of aromatic nitrogens is 1. The van der Waals surface area contributed by atoms with Crippen LogP contribution in [0.1, 0.15) is 63.4 Å². The number of amides is 1. The van der Waals surface area contributed by atoms with Crippen molar-refractivity contribution in [1.82, 2.24) is 4.98 Å². The maximum atomic E-state index is 13.5. The van der Waals surface area contributed by atoms with E-state index in [9.17, 15) is 9.59 Å². The highest BCUT2D eigenvalue weighted by molar-refractivity contribution is 6.08. The SMILES string of the molecule is CCCCOc1ccc(-c2cc(-c3ccc(C(C)(C)C)cc3)c(C(=O)Nc3ccc(OCC)cc3)c(=O)[nH]2)cc1. The summed E-state index contributed by atoms with van der Waals surface area (Å²) in [7, 11) is 0. The molecule has 2 N–H and O–H groups in total. The number of rotatable bonds is 10. The average Bonchev–Trinajstić information content (AvgIpc) is 2.94. The van der Waals surface area contributed by atoms with Crippen LogP contribution in [0.2, 0.25) is 0 Å². The Labute approximate surface area is 236 Å². The van der Waals surface area contributed by atoms with E-state index in [1.54, 1.807) is 24.3 Å². The third kappa shape index (κ3) is 7.00. The molecule has 0 saturated carbocycles. The second-order valence-electron chi connectivity index (χ2n) is 10.8. The summed E-state index contributed by atoms with van der Waals surface area (Å²) in [6.07, 6.45) is 2.06. The van der Waals surface area contributed by atoms with Crippen molar-refractivity contribution in [2.45, 2.75) is 52.9 Å². The molecule has 1 heterocycles. The van der Waals surface area contributed by atoms with Crippen LogP contribution in [0, 0.1) is 0 Å². The summed E-state index contributed by atoms with van der Waals surface area (Å²) < 4.78 is 11.3. The van der Waals surface area contributed by atoms with Crippen molar-refractivity contribution < 1.29 is 14.3 Å². The quantitative estimate of drug-likeness (QED) is 0.202. The van der Waals surface area contributed by atoms with Gasteiger partial charge in [-0.3, -0.25) is 9.59 Å². The van der Waals surface area contributed by atoms with E-state index in [-0.39, 0.29) is 11.0 Å². The van der Waals surface area contributed by atoms with Crippen LogP contribution in [0.15, 0.2) is 83.7 Å². The van der Waals surface area contributed by atoms with Crippen LogP contribution in [-0.4, -0.2) is 24.1 Å². The van der Waals surface area contributed by atoms with Gasteiger partial charge in [0.25, 0.3) is 11.5 Å². The predicted molar refractivity (Wildman–Crippen MR) is 163 cm³/mol. The molecule has 4 rings (SSSR count). The number of ether oxygens (including phenoxy) is 2. The molecule has 0 saturated heterocycles. The fourth-order valence-electron chi connectivity index (χ4n) is 4.38. The van der Waals surface area contributed by atoms with Gasteiger partial charge in [0, 0.05) is 16.9 Å². The Balaban J connectivity index is 1.73. The first-order valence-electron chi connectivity index (χ1n) is 13.8. The molecule has 40 heavy (non-hydrogen) atoms. The molecule has 6 nitrogen and oxygen atoms in total. The Hall–Kier alpha value is -4.32. The Morgan fingerprint density at radius 2 is 1.43 bits per heavy atom. The highest BCUT2D eigenvalue weighted by Gasteiger charge is 2.21. The van der Waals surface area contributed by atoms with Crippen LogP contribution in [0.5, 0.6) is 11.5 Å². The maximum absolute atomic E-state index is 13.5. The zero-order chi connectivity index (χ0) is 28.7. The molecule has 0 spiro atoms. The van der Waals surface area contributed by atoms with Gasteiger partial charge in [-0.2, -0.15) is 0 Å². The second kappa shape index (κ2) is 12.7. The van der Waals surface area contributed by atoms with Crippen LogP contribution in [0.3, 0.4) is 0 Å². The number of carbonyl (C=O) groups excluding carboxylic acids is 1. The summed E-state index contributed by atoms with van der Waals surface area (Å²) in [4.78, 5) is 29.9. The minimum Gasteiger partial charge on any atom is -0.494 e. The maximum Gasteiger partial charge on any atom is 0.261 e. The van der Waals surface area contributed by atoms with Crippen molar-refractivity contribution in [1.29, 1.82) is 0 Å². The van der Waals surface area contributed by atoms with Gasteiger partial charge < -0.3 is 19.8 Å².